The van der Waals surface area contributed by atoms with Crippen molar-refractivity contribution in [1.29, 1.82) is 0 Å². The summed E-state index contributed by atoms with van der Waals surface area (Å²) in [5.41, 5.74) is 1.61. The summed E-state index contributed by atoms with van der Waals surface area (Å²) in [6, 6.07) is 14.5. The van der Waals surface area contributed by atoms with E-state index in [-0.39, 0.29) is 10.8 Å². The molecule has 0 saturated carbocycles. The van der Waals surface area contributed by atoms with Crippen LogP contribution >= 0.6 is 11.3 Å². The lowest BCUT2D eigenvalue weighted by Gasteiger charge is -2.34. The highest BCUT2D eigenvalue weighted by Gasteiger charge is 2.22. The van der Waals surface area contributed by atoms with Gasteiger partial charge in [0.05, 0.1) is 10.6 Å². The van der Waals surface area contributed by atoms with Crippen LogP contribution in [-0.2, 0) is 16.6 Å². The molecule has 1 amide bonds. The van der Waals surface area contributed by atoms with Crippen molar-refractivity contribution in [2.24, 2.45) is 11.8 Å². The lowest BCUT2D eigenvalue weighted by Crippen LogP contribution is -2.38. The fourth-order valence-electron chi connectivity index (χ4n) is 4.29. The van der Waals surface area contributed by atoms with E-state index in [2.05, 4.69) is 33.8 Å². The minimum atomic E-state index is -3.73. The second-order valence-corrected chi connectivity index (χ2v) is 11.3. The molecule has 3 aromatic rings. The number of hydrogen-bond acceptors (Lipinski definition) is 6. The minimum absolute atomic E-state index is 0.160. The molecular formula is C24H28N4O3S2. The normalized spacial score (nSPS) is 19.2. The highest BCUT2D eigenvalue weighted by molar-refractivity contribution is 7.92. The van der Waals surface area contributed by atoms with Crippen LogP contribution in [0.15, 0.2) is 64.9 Å². The zero-order chi connectivity index (χ0) is 23.4. The number of hydrogen-bond donors (Lipinski definition) is 2. The van der Waals surface area contributed by atoms with Gasteiger partial charge in [0, 0.05) is 36.3 Å². The van der Waals surface area contributed by atoms with E-state index >= 15 is 0 Å². The van der Waals surface area contributed by atoms with E-state index in [1.165, 1.54) is 36.0 Å². The van der Waals surface area contributed by atoms with Crippen LogP contribution in [0.3, 0.4) is 0 Å². The highest BCUT2D eigenvalue weighted by atomic mass is 32.2. The second-order valence-electron chi connectivity index (χ2n) is 8.74. The Morgan fingerprint density at radius 2 is 1.82 bits per heavy atom. The third-order valence-electron chi connectivity index (χ3n) is 5.53. The van der Waals surface area contributed by atoms with Gasteiger partial charge in [-0.25, -0.2) is 13.4 Å². The van der Waals surface area contributed by atoms with Gasteiger partial charge in [0.1, 0.15) is 0 Å². The Labute approximate surface area is 198 Å². The molecule has 7 nitrogen and oxygen atoms in total. The molecule has 2 unspecified atom stereocenters. The number of thiazole rings is 1. The maximum absolute atomic E-state index is 12.8. The molecule has 1 saturated heterocycles. The summed E-state index contributed by atoms with van der Waals surface area (Å²) < 4.78 is 27.6. The average molecular weight is 485 g/mol. The second kappa shape index (κ2) is 10.0. The number of anilines is 2. The molecule has 0 aliphatic carbocycles. The smallest absolute Gasteiger partial charge is 0.261 e. The molecule has 2 aromatic carbocycles. The molecule has 1 aromatic heterocycles. The number of amides is 1. The Bertz CT molecular complexity index is 1200. The number of piperidine rings is 1. The summed E-state index contributed by atoms with van der Waals surface area (Å²) in [5, 5.41) is 5.33. The first kappa shape index (κ1) is 23.4. The Morgan fingerprint density at radius 3 is 2.55 bits per heavy atom. The van der Waals surface area contributed by atoms with Gasteiger partial charge in [-0.2, -0.15) is 0 Å². The van der Waals surface area contributed by atoms with Crippen molar-refractivity contribution in [2.75, 3.05) is 23.1 Å². The summed E-state index contributed by atoms with van der Waals surface area (Å²) in [6.45, 7) is 7.47. The monoisotopic (exact) mass is 484 g/mol. The molecule has 0 spiro atoms. The Balaban J connectivity index is 1.39. The average Bonchev–Trinajstić information content (AvgIpc) is 3.20. The largest absolute Gasteiger partial charge is 0.298 e. The number of rotatable bonds is 7. The van der Waals surface area contributed by atoms with Gasteiger partial charge in [0.15, 0.2) is 5.13 Å². The fraction of sp³-hybridized carbons (Fsp3) is 0.333. The van der Waals surface area contributed by atoms with E-state index in [9.17, 15) is 13.2 Å². The van der Waals surface area contributed by atoms with Crippen LogP contribution < -0.4 is 10.0 Å². The summed E-state index contributed by atoms with van der Waals surface area (Å²) >= 11 is 1.39. The maximum atomic E-state index is 12.8. The van der Waals surface area contributed by atoms with Crippen molar-refractivity contribution in [3.05, 3.63) is 71.2 Å². The Morgan fingerprint density at radius 1 is 1.09 bits per heavy atom. The molecule has 4 rings (SSSR count). The Kier molecular flexibility index (Phi) is 7.11. The van der Waals surface area contributed by atoms with Crippen molar-refractivity contribution in [3.8, 4) is 0 Å². The number of sulfonamides is 1. The van der Waals surface area contributed by atoms with Gasteiger partial charge in [0.25, 0.3) is 15.9 Å². The molecule has 1 aliphatic heterocycles. The van der Waals surface area contributed by atoms with Crippen LogP contribution in [0.5, 0.6) is 0 Å². The molecular weight excluding hydrogens is 456 g/mol. The van der Waals surface area contributed by atoms with E-state index in [1.54, 1.807) is 36.4 Å². The van der Waals surface area contributed by atoms with Crippen LogP contribution in [-0.4, -0.2) is 37.3 Å². The van der Waals surface area contributed by atoms with Crippen molar-refractivity contribution >= 4 is 38.1 Å². The number of nitrogens with zero attached hydrogens (tertiary/aromatic N) is 2. The molecule has 2 heterocycles. The molecule has 0 radical (unpaired) electrons. The first-order chi connectivity index (χ1) is 15.8. The van der Waals surface area contributed by atoms with Crippen LogP contribution in [0.1, 0.15) is 36.3 Å². The first-order valence-electron chi connectivity index (χ1n) is 10.9. The predicted octanol–water partition coefficient (Wildman–Crippen LogP) is 4.67. The van der Waals surface area contributed by atoms with Crippen LogP contribution in [0, 0.1) is 11.8 Å². The number of carbonyl (C=O) groups excluding carboxylic acids is 1. The highest BCUT2D eigenvalue weighted by Crippen LogP contribution is 2.24. The van der Waals surface area contributed by atoms with Crippen LogP contribution in [0.4, 0.5) is 10.8 Å². The first-order valence-corrected chi connectivity index (χ1v) is 13.3. The molecule has 33 heavy (non-hydrogen) atoms. The maximum Gasteiger partial charge on any atom is 0.261 e. The summed E-state index contributed by atoms with van der Waals surface area (Å²) in [7, 11) is -3.73. The zero-order valence-electron chi connectivity index (χ0n) is 18.7. The van der Waals surface area contributed by atoms with Gasteiger partial charge >= 0.3 is 0 Å². The Hall–Kier alpha value is -2.75. The quantitative estimate of drug-likeness (QED) is 0.508. The van der Waals surface area contributed by atoms with Gasteiger partial charge in [-0.05, 0) is 48.6 Å². The third-order valence-corrected chi connectivity index (χ3v) is 7.74. The van der Waals surface area contributed by atoms with Gasteiger partial charge in [-0.15, -0.1) is 11.3 Å². The summed E-state index contributed by atoms with van der Waals surface area (Å²) in [6.07, 6.45) is 1.26. The van der Waals surface area contributed by atoms with Crippen LogP contribution in [0.25, 0.3) is 0 Å². The number of carbonyl (C=O) groups is 1. The standard InChI is InChI=1S/C24H28N4O3S2/c1-17-11-18(2)14-28(13-17)15-21-16-32-24(25-21)26-23(29)19-7-6-8-20(12-19)27-33(30,31)22-9-4-3-5-10-22/h3-10,12,16-18,27H,11,13-15H2,1-2H3,(H,25,26,29). The van der Waals surface area contributed by atoms with E-state index < -0.39 is 10.0 Å². The van der Waals surface area contributed by atoms with Crippen molar-refractivity contribution in [3.63, 3.8) is 0 Å². The molecule has 9 heteroatoms. The van der Waals surface area contributed by atoms with Crippen molar-refractivity contribution < 1.29 is 13.2 Å². The summed E-state index contributed by atoms with van der Waals surface area (Å²) in [5.74, 6) is 1.02. The zero-order valence-corrected chi connectivity index (χ0v) is 20.3. The molecule has 174 valence electrons. The molecule has 1 aliphatic rings. The molecule has 2 N–H and O–H groups in total. The van der Waals surface area contributed by atoms with Gasteiger partial charge in [-0.1, -0.05) is 38.1 Å². The SMILES string of the molecule is CC1CC(C)CN(Cc2csc(NC(=O)c3cccc(NS(=O)(=O)c4ccccc4)c3)n2)C1. The lowest BCUT2D eigenvalue weighted by molar-refractivity contribution is 0.102. The molecule has 1 fully saturated rings. The number of benzene rings is 2. The van der Waals surface area contributed by atoms with Gasteiger partial charge in [-0.3, -0.25) is 19.7 Å². The molecule has 2 atom stereocenters. The van der Waals surface area contributed by atoms with Gasteiger partial charge < -0.3 is 0 Å². The van der Waals surface area contributed by atoms with Crippen LogP contribution in [0.2, 0.25) is 0 Å². The van der Waals surface area contributed by atoms with Gasteiger partial charge in [0.2, 0.25) is 0 Å². The predicted molar refractivity (Wildman–Crippen MR) is 132 cm³/mol. The third kappa shape index (κ3) is 6.19. The van der Waals surface area contributed by atoms with E-state index in [0.29, 0.717) is 28.2 Å². The number of nitrogens with one attached hydrogen (secondary N) is 2. The topological polar surface area (TPSA) is 91.4 Å². The number of aromatic nitrogens is 1. The van der Waals surface area contributed by atoms with Crippen molar-refractivity contribution in [2.45, 2.75) is 31.7 Å². The minimum Gasteiger partial charge on any atom is -0.298 e. The van der Waals surface area contributed by atoms with E-state index in [0.717, 1.165) is 25.3 Å². The fourth-order valence-corrected chi connectivity index (χ4v) is 6.06. The van der Waals surface area contributed by atoms with Crippen molar-refractivity contribution in [1.82, 2.24) is 9.88 Å². The van der Waals surface area contributed by atoms with E-state index in [1.807, 2.05) is 5.38 Å². The molecule has 0 bridgehead atoms. The summed E-state index contributed by atoms with van der Waals surface area (Å²) in [4.78, 5) is 19.9. The van der Waals surface area contributed by atoms with E-state index in [4.69, 9.17) is 0 Å². The number of likely N-dealkylation sites (tertiary alicyclic amines) is 1. The lowest BCUT2D eigenvalue weighted by atomic mass is 9.92.